The Balaban J connectivity index is 0.00000243. The van der Waals surface area contributed by atoms with Gasteiger partial charge in [0.2, 0.25) is 0 Å². The van der Waals surface area contributed by atoms with Crippen molar-refractivity contribution in [2.75, 3.05) is 12.9 Å². The number of halogens is 1. The number of hydrogen-bond donors (Lipinski definition) is 2. The van der Waals surface area contributed by atoms with E-state index in [4.69, 9.17) is 10.5 Å². The molecule has 0 bridgehead atoms. The Kier molecular flexibility index (Phi) is 7.45. The van der Waals surface area contributed by atoms with E-state index in [0.717, 1.165) is 28.2 Å². The summed E-state index contributed by atoms with van der Waals surface area (Å²) in [6.07, 6.45) is 2.48. The van der Waals surface area contributed by atoms with Gasteiger partial charge in [-0.1, -0.05) is 30.3 Å². The quantitative estimate of drug-likeness (QED) is 0.395. The molecule has 1 heterocycles. The largest absolute Gasteiger partial charge is 0.493 e. The fraction of sp³-hybridized carbons (Fsp3) is 0.316. The molecule has 0 spiro atoms. The summed E-state index contributed by atoms with van der Waals surface area (Å²) in [5, 5.41) is 3.23. The Morgan fingerprint density at radius 1 is 1.27 bits per heavy atom. The van der Waals surface area contributed by atoms with Crippen molar-refractivity contribution in [1.82, 2.24) is 5.32 Å². The molecule has 3 N–H and O–H groups in total. The topological polar surface area (TPSA) is 76.7 Å². The van der Waals surface area contributed by atoms with E-state index in [-0.39, 0.29) is 36.1 Å². The van der Waals surface area contributed by atoms with Crippen molar-refractivity contribution < 1.29 is 8.95 Å². The molecule has 3 atom stereocenters. The lowest BCUT2D eigenvalue weighted by Crippen LogP contribution is -2.34. The first-order valence-electron chi connectivity index (χ1n) is 8.29. The minimum atomic E-state index is -0.968. The number of rotatable bonds is 4. The van der Waals surface area contributed by atoms with Crippen molar-refractivity contribution in [1.29, 1.82) is 0 Å². The first-order valence-corrected chi connectivity index (χ1v) is 9.85. The molecule has 1 aliphatic heterocycles. The number of guanidine groups is 1. The highest BCUT2D eigenvalue weighted by Gasteiger charge is 2.20. The van der Waals surface area contributed by atoms with Crippen LogP contribution in [-0.2, 0) is 10.8 Å². The smallest absolute Gasteiger partial charge is 0.189 e. The van der Waals surface area contributed by atoms with Crippen LogP contribution in [0.4, 0.5) is 0 Å². The van der Waals surface area contributed by atoms with E-state index < -0.39 is 10.8 Å². The molecule has 0 radical (unpaired) electrons. The molecule has 26 heavy (non-hydrogen) atoms. The number of para-hydroxylation sites is 1. The van der Waals surface area contributed by atoms with Gasteiger partial charge in [-0.05, 0) is 30.7 Å². The van der Waals surface area contributed by atoms with Crippen LogP contribution in [0.5, 0.6) is 5.75 Å². The fourth-order valence-corrected chi connectivity index (χ4v) is 3.44. The van der Waals surface area contributed by atoms with Gasteiger partial charge in [-0.15, -0.1) is 24.0 Å². The van der Waals surface area contributed by atoms with Crippen LogP contribution >= 0.6 is 24.0 Å². The van der Waals surface area contributed by atoms with Crippen molar-refractivity contribution >= 4 is 40.7 Å². The lowest BCUT2D eigenvalue weighted by molar-refractivity contribution is 0.269. The van der Waals surface area contributed by atoms with Gasteiger partial charge in [-0.2, -0.15) is 0 Å². The number of nitrogens with one attached hydrogen (secondary N) is 1. The summed E-state index contributed by atoms with van der Waals surface area (Å²) in [6.45, 7) is 2.67. The monoisotopic (exact) mass is 485 g/mol. The summed E-state index contributed by atoms with van der Waals surface area (Å²) in [6, 6.07) is 15.6. The number of fused-ring (bicyclic) bond motifs is 1. The van der Waals surface area contributed by atoms with Crippen LogP contribution in [0.2, 0.25) is 0 Å². The second-order valence-electron chi connectivity index (χ2n) is 6.09. The molecule has 2 aromatic rings. The second-order valence-corrected chi connectivity index (χ2v) is 7.47. The third-order valence-corrected chi connectivity index (χ3v) is 5.23. The lowest BCUT2D eigenvalue weighted by Gasteiger charge is -2.24. The summed E-state index contributed by atoms with van der Waals surface area (Å²) >= 11 is 0. The van der Waals surface area contributed by atoms with Crippen LogP contribution in [0.3, 0.4) is 0 Å². The van der Waals surface area contributed by atoms with E-state index in [1.807, 2.05) is 55.5 Å². The van der Waals surface area contributed by atoms with Crippen molar-refractivity contribution in [3.05, 3.63) is 59.7 Å². The highest BCUT2D eigenvalue weighted by Crippen LogP contribution is 2.34. The number of benzene rings is 2. The first kappa shape index (κ1) is 20.7. The highest BCUT2D eigenvalue weighted by atomic mass is 127. The minimum Gasteiger partial charge on any atom is -0.493 e. The zero-order valence-electron chi connectivity index (χ0n) is 14.8. The fourth-order valence-electron chi connectivity index (χ4n) is 2.92. The van der Waals surface area contributed by atoms with E-state index >= 15 is 0 Å². The predicted molar refractivity (Wildman–Crippen MR) is 117 cm³/mol. The van der Waals surface area contributed by atoms with Gasteiger partial charge in [0.25, 0.3) is 0 Å². The molecular weight excluding hydrogens is 461 g/mol. The third kappa shape index (κ3) is 4.97. The molecule has 2 aromatic carbocycles. The SMILES string of the molecule is CC(NC(N)=NC1CCOc2ccccc21)c1ccc(S(C)=O)cc1.I. The van der Waals surface area contributed by atoms with Gasteiger partial charge in [-0.25, -0.2) is 4.99 Å². The zero-order chi connectivity index (χ0) is 17.8. The van der Waals surface area contributed by atoms with Gasteiger partial charge >= 0.3 is 0 Å². The summed E-state index contributed by atoms with van der Waals surface area (Å²) in [5.41, 5.74) is 8.27. The predicted octanol–water partition coefficient (Wildman–Crippen LogP) is 3.53. The maximum absolute atomic E-state index is 11.5. The standard InChI is InChI=1S/C19H23N3O2S.HI/c1-13(14-7-9-15(10-8-14)25(2)23)21-19(20)22-17-11-12-24-18-6-4-3-5-16(17)18;/h3-10,13,17H,11-12H2,1-2H3,(H3,20,21,22);1H. The van der Waals surface area contributed by atoms with E-state index in [9.17, 15) is 4.21 Å². The molecule has 3 rings (SSSR count). The first-order chi connectivity index (χ1) is 12.0. The van der Waals surface area contributed by atoms with Crippen LogP contribution in [0.25, 0.3) is 0 Å². The zero-order valence-corrected chi connectivity index (χ0v) is 18.0. The van der Waals surface area contributed by atoms with Crippen LogP contribution in [0, 0.1) is 0 Å². The Morgan fingerprint density at radius 3 is 2.65 bits per heavy atom. The molecule has 1 aliphatic rings. The van der Waals surface area contributed by atoms with E-state index in [1.165, 1.54) is 0 Å². The van der Waals surface area contributed by atoms with Gasteiger partial charge in [0, 0.05) is 33.9 Å². The molecule has 0 aromatic heterocycles. The summed E-state index contributed by atoms with van der Waals surface area (Å²) in [7, 11) is -0.968. The van der Waals surface area contributed by atoms with Crippen LogP contribution in [0.15, 0.2) is 58.4 Å². The van der Waals surface area contributed by atoms with E-state index in [0.29, 0.717) is 12.6 Å². The van der Waals surface area contributed by atoms with Gasteiger partial charge in [0.15, 0.2) is 5.96 Å². The lowest BCUT2D eigenvalue weighted by atomic mass is 10.0. The number of aliphatic imine (C=N–C) groups is 1. The summed E-state index contributed by atoms with van der Waals surface area (Å²) in [4.78, 5) is 5.46. The molecular formula is C19H24IN3O2S. The number of nitrogens with two attached hydrogens (primary N) is 1. The Labute approximate surface area is 173 Å². The normalized spacial score (nSPS) is 18.7. The Morgan fingerprint density at radius 2 is 1.96 bits per heavy atom. The number of ether oxygens (including phenoxy) is 1. The maximum Gasteiger partial charge on any atom is 0.189 e. The van der Waals surface area contributed by atoms with Crippen molar-refractivity contribution in [2.45, 2.75) is 30.3 Å². The van der Waals surface area contributed by atoms with Gasteiger partial charge in [0.05, 0.1) is 18.7 Å². The van der Waals surface area contributed by atoms with Gasteiger partial charge < -0.3 is 15.8 Å². The highest BCUT2D eigenvalue weighted by molar-refractivity contribution is 14.0. The van der Waals surface area contributed by atoms with Crippen LogP contribution < -0.4 is 15.8 Å². The molecule has 0 aliphatic carbocycles. The number of nitrogens with zero attached hydrogens (tertiary/aromatic N) is 1. The summed E-state index contributed by atoms with van der Waals surface area (Å²) in [5.74, 6) is 1.30. The maximum atomic E-state index is 11.5. The van der Waals surface area contributed by atoms with Gasteiger partial charge in [-0.3, -0.25) is 4.21 Å². The molecule has 7 heteroatoms. The molecule has 5 nitrogen and oxygen atoms in total. The van der Waals surface area contributed by atoms with Crippen LogP contribution in [0.1, 0.15) is 36.6 Å². The Bertz CT molecular complexity index is 796. The van der Waals surface area contributed by atoms with Crippen molar-refractivity contribution in [3.63, 3.8) is 0 Å². The molecule has 140 valence electrons. The number of hydrogen-bond acceptors (Lipinski definition) is 3. The molecule has 0 saturated carbocycles. The average Bonchev–Trinajstić information content (AvgIpc) is 2.62. The van der Waals surface area contributed by atoms with E-state index in [2.05, 4.69) is 10.3 Å². The van der Waals surface area contributed by atoms with Gasteiger partial charge in [0.1, 0.15) is 5.75 Å². The molecule has 0 fully saturated rings. The summed E-state index contributed by atoms with van der Waals surface area (Å²) < 4.78 is 17.1. The molecule has 3 unspecified atom stereocenters. The average molecular weight is 485 g/mol. The molecule has 0 amide bonds. The molecule has 0 saturated heterocycles. The third-order valence-electron chi connectivity index (χ3n) is 4.30. The van der Waals surface area contributed by atoms with Crippen LogP contribution in [-0.4, -0.2) is 23.0 Å². The van der Waals surface area contributed by atoms with Crippen molar-refractivity contribution in [3.8, 4) is 5.75 Å². The van der Waals surface area contributed by atoms with E-state index in [1.54, 1.807) is 6.26 Å². The minimum absolute atomic E-state index is 0. The Hall–Kier alpha value is -1.61. The second kappa shape index (κ2) is 9.36. The van der Waals surface area contributed by atoms with Crippen molar-refractivity contribution in [2.24, 2.45) is 10.7 Å².